The van der Waals surface area contributed by atoms with E-state index in [1.807, 2.05) is 32.2 Å². The fourth-order valence-corrected chi connectivity index (χ4v) is 3.38. The Kier molecular flexibility index (Phi) is 5.56. The summed E-state index contributed by atoms with van der Waals surface area (Å²) in [5.41, 5.74) is 1.89. The second-order valence-corrected chi connectivity index (χ2v) is 7.00. The number of carbonyl (C=O) groups is 1. The number of hydrogen-bond acceptors (Lipinski definition) is 5. The van der Waals surface area contributed by atoms with Crippen molar-refractivity contribution in [2.24, 2.45) is 0 Å². The summed E-state index contributed by atoms with van der Waals surface area (Å²) in [7, 11) is 1.65. The lowest BCUT2D eigenvalue weighted by Crippen LogP contribution is -2.36. The average molecular weight is 357 g/mol. The molecule has 7 nitrogen and oxygen atoms in total. The lowest BCUT2D eigenvalue weighted by Gasteiger charge is -2.33. The van der Waals surface area contributed by atoms with Gasteiger partial charge in [-0.3, -0.25) is 9.69 Å². The standard InChI is InChI=1S/C19H27N5O2/c1-13(2)21-17(25)10-16-12-24-9-8-23(14(3)18(24)22-16)11-15-6-5-7-20-19(15)26-4/h5-7,12-14H,8-11H2,1-4H3,(H,21,25)/t14-/m0/s1. The topological polar surface area (TPSA) is 72.3 Å². The quantitative estimate of drug-likeness (QED) is 0.855. The third-order valence-electron chi connectivity index (χ3n) is 4.61. The summed E-state index contributed by atoms with van der Waals surface area (Å²) in [4.78, 5) is 23.4. The van der Waals surface area contributed by atoms with Crippen LogP contribution < -0.4 is 10.1 Å². The van der Waals surface area contributed by atoms with E-state index in [0.717, 1.165) is 36.7 Å². The fourth-order valence-electron chi connectivity index (χ4n) is 3.38. The van der Waals surface area contributed by atoms with Crippen LogP contribution in [0.5, 0.6) is 5.88 Å². The fraction of sp³-hybridized carbons (Fsp3) is 0.526. The second kappa shape index (κ2) is 7.86. The molecule has 7 heteroatoms. The molecule has 26 heavy (non-hydrogen) atoms. The van der Waals surface area contributed by atoms with E-state index < -0.39 is 0 Å². The molecule has 1 amide bonds. The second-order valence-electron chi connectivity index (χ2n) is 7.00. The number of ether oxygens (including phenoxy) is 1. The molecule has 0 bridgehead atoms. The molecule has 0 saturated heterocycles. The average Bonchev–Trinajstić information content (AvgIpc) is 3.00. The smallest absolute Gasteiger partial charge is 0.226 e. The van der Waals surface area contributed by atoms with Crippen LogP contribution >= 0.6 is 0 Å². The van der Waals surface area contributed by atoms with Gasteiger partial charge in [0.25, 0.3) is 0 Å². The van der Waals surface area contributed by atoms with Gasteiger partial charge in [-0.25, -0.2) is 9.97 Å². The molecule has 1 aliphatic rings. The molecule has 1 atom stereocenters. The van der Waals surface area contributed by atoms with Gasteiger partial charge < -0.3 is 14.6 Å². The van der Waals surface area contributed by atoms with E-state index in [2.05, 4.69) is 26.7 Å². The Morgan fingerprint density at radius 3 is 2.96 bits per heavy atom. The van der Waals surface area contributed by atoms with E-state index in [0.29, 0.717) is 12.3 Å². The zero-order chi connectivity index (χ0) is 18.7. The molecule has 0 spiro atoms. The molecule has 0 radical (unpaired) electrons. The first kappa shape index (κ1) is 18.4. The minimum Gasteiger partial charge on any atom is -0.481 e. The van der Waals surface area contributed by atoms with Gasteiger partial charge in [0.1, 0.15) is 5.82 Å². The Labute approximate surface area is 154 Å². The Hall–Kier alpha value is -2.41. The zero-order valence-electron chi connectivity index (χ0n) is 15.9. The number of imidazole rings is 1. The van der Waals surface area contributed by atoms with Crippen molar-refractivity contribution in [1.82, 2.24) is 24.8 Å². The Balaban J connectivity index is 1.72. The van der Waals surface area contributed by atoms with Gasteiger partial charge in [-0.15, -0.1) is 0 Å². The summed E-state index contributed by atoms with van der Waals surface area (Å²) in [5.74, 6) is 1.69. The van der Waals surface area contributed by atoms with E-state index in [-0.39, 0.29) is 18.0 Å². The molecule has 0 aliphatic carbocycles. The minimum atomic E-state index is 0.0139. The predicted molar refractivity (Wildman–Crippen MR) is 98.8 cm³/mol. The number of carbonyl (C=O) groups excluding carboxylic acids is 1. The van der Waals surface area contributed by atoms with E-state index in [1.54, 1.807) is 13.3 Å². The molecule has 3 rings (SSSR count). The molecule has 1 aliphatic heterocycles. The van der Waals surface area contributed by atoms with Crippen molar-refractivity contribution in [2.45, 2.75) is 52.4 Å². The maximum Gasteiger partial charge on any atom is 0.226 e. The van der Waals surface area contributed by atoms with Crippen molar-refractivity contribution in [3.05, 3.63) is 41.6 Å². The molecule has 0 fully saturated rings. The van der Waals surface area contributed by atoms with Gasteiger partial charge in [-0.1, -0.05) is 6.07 Å². The van der Waals surface area contributed by atoms with Gasteiger partial charge in [0.15, 0.2) is 0 Å². The molecule has 2 aromatic rings. The number of hydrogen-bond donors (Lipinski definition) is 1. The summed E-state index contributed by atoms with van der Waals surface area (Å²) in [6.45, 7) is 8.61. The van der Waals surface area contributed by atoms with Gasteiger partial charge in [-0.2, -0.15) is 0 Å². The molecule has 0 unspecified atom stereocenters. The SMILES string of the molecule is COc1ncccc1CN1CCn2cc(CC(=O)NC(C)C)nc2[C@@H]1C. The third-order valence-corrected chi connectivity index (χ3v) is 4.61. The van der Waals surface area contributed by atoms with Gasteiger partial charge in [0.2, 0.25) is 11.8 Å². The number of amides is 1. The van der Waals surface area contributed by atoms with Crippen molar-refractivity contribution in [1.29, 1.82) is 0 Å². The lowest BCUT2D eigenvalue weighted by molar-refractivity contribution is -0.120. The lowest BCUT2D eigenvalue weighted by atomic mass is 10.1. The Morgan fingerprint density at radius 2 is 2.23 bits per heavy atom. The van der Waals surface area contributed by atoms with Crippen LogP contribution in [0, 0.1) is 0 Å². The number of pyridine rings is 1. The van der Waals surface area contributed by atoms with Crippen molar-refractivity contribution < 1.29 is 9.53 Å². The first-order valence-corrected chi connectivity index (χ1v) is 9.05. The molecule has 0 aromatic carbocycles. The van der Waals surface area contributed by atoms with Crippen LogP contribution in [-0.4, -0.2) is 45.0 Å². The van der Waals surface area contributed by atoms with Crippen molar-refractivity contribution in [3.8, 4) is 5.88 Å². The molecule has 2 aromatic heterocycles. The van der Waals surface area contributed by atoms with Crippen LogP contribution in [0.2, 0.25) is 0 Å². The summed E-state index contributed by atoms with van der Waals surface area (Å²) in [6.07, 6.45) is 4.07. The largest absolute Gasteiger partial charge is 0.481 e. The Bertz CT molecular complexity index is 771. The first-order chi connectivity index (χ1) is 12.5. The predicted octanol–water partition coefficient (Wildman–Crippen LogP) is 1.93. The van der Waals surface area contributed by atoms with Crippen LogP contribution in [0.15, 0.2) is 24.5 Å². The summed E-state index contributed by atoms with van der Waals surface area (Å²) in [6, 6.07) is 4.28. The van der Waals surface area contributed by atoms with E-state index >= 15 is 0 Å². The number of aromatic nitrogens is 3. The van der Waals surface area contributed by atoms with Gasteiger partial charge in [0.05, 0.1) is 25.3 Å². The number of methoxy groups -OCH3 is 1. The maximum atomic E-state index is 12.0. The third kappa shape index (κ3) is 4.04. The number of nitrogens with zero attached hydrogens (tertiary/aromatic N) is 4. The highest BCUT2D eigenvalue weighted by Gasteiger charge is 2.27. The molecule has 3 heterocycles. The molecule has 1 N–H and O–H groups in total. The van der Waals surface area contributed by atoms with E-state index in [9.17, 15) is 4.79 Å². The van der Waals surface area contributed by atoms with Gasteiger partial charge in [0, 0.05) is 43.6 Å². The highest BCUT2D eigenvalue weighted by molar-refractivity contribution is 5.78. The van der Waals surface area contributed by atoms with E-state index in [4.69, 9.17) is 9.72 Å². The van der Waals surface area contributed by atoms with Gasteiger partial charge in [-0.05, 0) is 26.8 Å². The summed E-state index contributed by atoms with van der Waals surface area (Å²) < 4.78 is 7.53. The van der Waals surface area contributed by atoms with Crippen molar-refractivity contribution in [2.75, 3.05) is 13.7 Å². The normalized spacial score (nSPS) is 17.2. The van der Waals surface area contributed by atoms with E-state index in [1.165, 1.54) is 0 Å². The first-order valence-electron chi connectivity index (χ1n) is 9.05. The minimum absolute atomic E-state index is 0.0139. The van der Waals surface area contributed by atoms with Crippen molar-refractivity contribution >= 4 is 5.91 Å². The van der Waals surface area contributed by atoms with Crippen LogP contribution in [0.3, 0.4) is 0 Å². The summed E-state index contributed by atoms with van der Waals surface area (Å²) in [5, 5.41) is 2.92. The Morgan fingerprint density at radius 1 is 1.42 bits per heavy atom. The molecular weight excluding hydrogens is 330 g/mol. The van der Waals surface area contributed by atoms with Crippen LogP contribution in [-0.2, 0) is 24.3 Å². The van der Waals surface area contributed by atoms with Crippen molar-refractivity contribution in [3.63, 3.8) is 0 Å². The van der Waals surface area contributed by atoms with Crippen LogP contribution in [0.1, 0.15) is 43.9 Å². The number of rotatable bonds is 6. The molecule has 0 saturated carbocycles. The molecule has 140 valence electrons. The highest BCUT2D eigenvalue weighted by atomic mass is 16.5. The maximum absolute atomic E-state index is 12.0. The highest BCUT2D eigenvalue weighted by Crippen LogP contribution is 2.28. The number of nitrogens with one attached hydrogen (secondary N) is 1. The van der Waals surface area contributed by atoms with Crippen LogP contribution in [0.4, 0.5) is 0 Å². The summed E-state index contributed by atoms with van der Waals surface area (Å²) >= 11 is 0. The van der Waals surface area contributed by atoms with Crippen LogP contribution in [0.25, 0.3) is 0 Å². The monoisotopic (exact) mass is 357 g/mol. The molecular formula is C19H27N5O2. The van der Waals surface area contributed by atoms with Gasteiger partial charge >= 0.3 is 0 Å². The zero-order valence-corrected chi connectivity index (χ0v) is 15.9. The number of fused-ring (bicyclic) bond motifs is 1.